The van der Waals surface area contributed by atoms with E-state index < -0.39 is 59.5 Å². The van der Waals surface area contributed by atoms with Gasteiger partial charge in [-0.2, -0.15) is 0 Å². The lowest BCUT2D eigenvalue weighted by Gasteiger charge is -2.41. The Hall–Kier alpha value is -3.22. The van der Waals surface area contributed by atoms with Crippen molar-refractivity contribution in [1.29, 1.82) is 0 Å². The Morgan fingerprint density at radius 1 is 1.11 bits per heavy atom. The van der Waals surface area contributed by atoms with Gasteiger partial charge in [0.25, 0.3) is 0 Å². The van der Waals surface area contributed by atoms with Crippen LogP contribution in [0, 0.1) is 0 Å². The number of aliphatic hydroxyl groups excluding tert-OH is 2. The predicted octanol–water partition coefficient (Wildman–Crippen LogP) is -1.35. The van der Waals surface area contributed by atoms with E-state index in [0.29, 0.717) is 38.0 Å². The lowest BCUT2D eigenvalue weighted by Crippen LogP contribution is -2.65. The fourth-order valence-corrected chi connectivity index (χ4v) is 5.35. The van der Waals surface area contributed by atoms with Crippen LogP contribution in [0.3, 0.4) is 0 Å². The van der Waals surface area contributed by atoms with E-state index >= 15 is 0 Å². The summed E-state index contributed by atoms with van der Waals surface area (Å²) in [6, 6.07) is 3.73. The number of hydrogen-bond acceptors (Lipinski definition) is 8. The van der Waals surface area contributed by atoms with Crippen molar-refractivity contribution in [3.05, 3.63) is 29.8 Å². The highest BCUT2D eigenvalue weighted by Crippen LogP contribution is 2.36. The molecule has 2 aliphatic heterocycles. The molecular formula is C26H39N5O7. The zero-order valence-electron chi connectivity index (χ0n) is 22.1. The minimum Gasteiger partial charge on any atom is -0.497 e. The topological polar surface area (TPSA) is 189 Å². The van der Waals surface area contributed by atoms with Gasteiger partial charge in [-0.3, -0.25) is 19.2 Å². The molecule has 4 amide bonds. The van der Waals surface area contributed by atoms with Crippen LogP contribution in [0.5, 0.6) is 5.75 Å². The van der Waals surface area contributed by atoms with E-state index in [1.54, 1.807) is 31.4 Å². The second kappa shape index (κ2) is 12.1. The SMILES string of the molecule is COc1ccc(C[C@@]2(C(=O)NC(C(N)=O)[C@@H](C)O)CCCN2C(=O)[C@@H]2CCCN2C(=O)[C@@H](N)[C@@H](C)O)cc1. The number of aliphatic hydroxyl groups is 2. The highest BCUT2D eigenvalue weighted by atomic mass is 16.5. The van der Waals surface area contributed by atoms with Gasteiger partial charge < -0.3 is 41.5 Å². The molecule has 2 saturated heterocycles. The van der Waals surface area contributed by atoms with E-state index in [4.69, 9.17) is 16.2 Å². The Morgan fingerprint density at radius 2 is 1.76 bits per heavy atom. The molecule has 12 heteroatoms. The molecule has 2 aliphatic rings. The third-order valence-electron chi connectivity index (χ3n) is 7.53. The molecule has 7 N–H and O–H groups in total. The standard InChI is InChI=1S/C26H39N5O7/c1-15(32)20(27)24(36)30-12-4-6-19(30)23(35)31-13-5-11-26(31,14-17-7-9-18(38-3)10-8-17)25(37)29-21(16(2)33)22(28)34/h7-10,15-16,19-21,32-33H,4-6,11-14,27H2,1-3H3,(H2,28,34)(H,29,37)/t15-,16-,19+,20+,21?,26-/m1/s1. The maximum Gasteiger partial charge on any atom is 0.247 e. The molecule has 6 atom stereocenters. The maximum atomic E-state index is 14.0. The Kier molecular flexibility index (Phi) is 9.34. The number of rotatable bonds is 10. The third kappa shape index (κ3) is 5.92. The number of carbonyl (C=O) groups is 4. The van der Waals surface area contributed by atoms with Crippen molar-refractivity contribution in [3.8, 4) is 5.75 Å². The van der Waals surface area contributed by atoms with Crippen molar-refractivity contribution in [1.82, 2.24) is 15.1 Å². The van der Waals surface area contributed by atoms with Gasteiger partial charge in [0, 0.05) is 19.5 Å². The molecule has 1 aromatic rings. The quantitative estimate of drug-likeness (QED) is 0.244. The van der Waals surface area contributed by atoms with Gasteiger partial charge in [0.1, 0.15) is 29.4 Å². The Bertz CT molecular complexity index is 1030. The van der Waals surface area contributed by atoms with Gasteiger partial charge in [-0.05, 0) is 57.2 Å². The summed E-state index contributed by atoms with van der Waals surface area (Å²) in [4.78, 5) is 55.7. The fourth-order valence-electron chi connectivity index (χ4n) is 5.35. The molecule has 210 valence electrons. The molecule has 0 saturated carbocycles. The zero-order chi connectivity index (χ0) is 28.2. The number of ether oxygens (including phenoxy) is 1. The maximum absolute atomic E-state index is 14.0. The summed E-state index contributed by atoms with van der Waals surface area (Å²) in [5.74, 6) is -1.81. The summed E-state index contributed by atoms with van der Waals surface area (Å²) in [6.07, 6.45) is -0.415. The van der Waals surface area contributed by atoms with Crippen LogP contribution in [-0.4, -0.2) is 99.7 Å². The Balaban J connectivity index is 1.98. The summed E-state index contributed by atoms with van der Waals surface area (Å²) in [5, 5.41) is 22.5. The summed E-state index contributed by atoms with van der Waals surface area (Å²) >= 11 is 0. The normalized spacial score (nSPS) is 24.4. The lowest BCUT2D eigenvalue weighted by molar-refractivity contribution is -0.152. The monoisotopic (exact) mass is 533 g/mol. The Labute approximate surface area is 222 Å². The number of hydrogen-bond donors (Lipinski definition) is 5. The van der Waals surface area contributed by atoms with E-state index in [2.05, 4.69) is 5.32 Å². The molecule has 0 spiro atoms. The van der Waals surface area contributed by atoms with Crippen molar-refractivity contribution >= 4 is 23.6 Å². The van der Waals surface area contributed by atoms with Gasteiger partial charge in [0.05, 0.1) is 19.3 Å². The van der Waals surface area contributed by atoms with Gasteiger partial charge in [-0.15, -0.1) is 0 Å². The van der Waals surface area contributed by atoms with Crippen molar-refractivity contribution in [2.24, 2.45) is 11.5 Å². The summed E-state index contributed by atoms with van der Waals surface area (Å²) in [5.41, 5.74) is 10.7. The van der Waals surface area contributed by atoms with E-state index in [-0.39, 0.29) is 13.0 Å². The smallest absolute Gasteiger partial charge is 0.247 e. The summed E-state index contributed by atoms with van der Waals surface area (Å²) in [7, 11) is 1.54. The predicted molar refractivity (Wildman–Crippen MR) is 138 cm³/mol. The average Bonchev–Trinajstić information content (AvgIpc) is 3.54. The van der Waals surface area contributed by atoms with E-state index in [9.17, 15) is 29.4 Å². The van der Waals surface area contributed by atoms with Crippen molar-refractivity contribution in [2.75, 3.05) is 20.2 Å². The number of primary amides is 1. The van der Waals surface area contributed by atoms with Crippen molar-refractivity contribution in [3.63, 3.8) is 0 Å². The number of methoxy groups -OCH3 is 1. The molecule has 0 aliphatic carbocycles. The zero-order valence-corrected chi connectivity index (χ0v) is 22.1. The molecule has 3 rings (SSSR count). The van der Waals surface area contributed by atoms with Crippen molar-refractivity contribution < 1.29 is 34.1 Å². The van der Waals surface area contributed by atoms with Crippen LogP contribution < -0.4 is 21.5 Å². The molecule has 2 fully saturated rings. The van der Waals surface area contributed by atoms with Crippen LogP contribution in [0.25, 0.3) is 0 Å². The van der Waals surface area contributed by atoms with Gasteiger partial charge in [0.2, 0.25) is 23.6 Å². The number of nitrogens with zero attached hydrogens (tertiary/aromatic N) is 2. The van der Waals surface area contributed by atoms with Crippen LogP contribution in [0.2, 0.25) is 0 Å². The molecule has 12 nitrogen and oxygen atoms in total. The number of nitrogens with one attached hydrogen (secondary N) is 1. The van der Waals surface area contributed by atoms with Gasteiger partial charge >= 0.3 is 0 Å². The molecule has 1 aromatic carbocycles. The lowest BCUT2D eigenvalue weighted by atomic mass is 9.86. The van der Waals surface area contributed by atoms with E-state index in [1.165, 1.54) is 23.6 Å². The number of likely N-dealkylation sites (tertiary alicyclic amines) is 2. The molecule has 0 radical (unpaired) electrons. The molecule has 2 heterocycles. The first-order valence-electron chi connectivity index (χ1n) is 12.9. The summed E-state index contributed by atoms with van der Waals surface area (Å²) in [6.45, 7) is 3.33. The third-order valence-corrected chi connectivity index (χ3v) is 7.53. The second-order valence-corrected chi connectivity index (χ2v) is 10.2. The second-order valence-electron chi connectivity index (χ2n) is 10.2. The fraction of sp³-hybridized carbons (Fsp3) is 0.615. The highest BCUT2D eigenvalue weighted by molar-refractivity contribution is 5.98. The minimum absolute atomic E-state index is 0.133. The Morgan fingerprint density at radius 3 is 2.32 bits per heavy atom. The molecule has 0 aromatic heterocycles. The summed E-state index contributed by atoms with van der Waals surface area (Å²) < 4.78 is 5.23. The van der Waals surface area contributed by atoms with Crippen LogP contribution in [0.4, 0.5) is 0 Å². The van der Waals surface area contributed by atoms with Crippen molar-refractivity contribution in [2.45, 2.75) is 81.8 Å². The minimum atomic E-state index is -1.39. The van der Waals surface area contributed by atoms with Crippen LogP contribution in [0.1, 0.15) is 45.1 Å². The van der Waals surface area contributed by atoms with E-state index in [0.717, 1.165) is 5.56 Å². The number of benzene rings is 1. The highest BCUT2D eigenvalue weighted by Gasteiger charge is 2.53. The van der Waals surface area contributed by atoms with Gasteiger partial charge in [-0.1, -0.05) is 12.1 Å². The van der Waals surface area contributed by atoms with Gasteiger partial charge in [-0.25, -0.2) is 0 Å². The first kappa shape index (κ1) is 29.3. The number of carbonyl (C=O) groups excluding carboxylic acids is 4. The molecule has 38 heavy (non-hydrogen) atoms. The molecule has 0 bridgehead atoms. The van der Waals surface area contributed by atoms with Crippen LogP contribution in [0.15, 0.2) is 24.3 Å². The van der Waals surface area contributed by atoms with Gasteiger partial charge in [0.15, 0.2) is 0 Å². The van der Waals surface area contributed by atoms with E-state index in [1.807, 2.05) is 0 Å². The molecule has 1 unspecified atom stereocenters. The largest absolute Gasteiger partial charge is 0.497 e. The number of nitrogens with two attached hydrogens (primary N) is 2. The number of amides is 4. The first-order valence-corrected chi connectivity index (χ1v) is 12.9. The van der Waals surface area contributed by atoms with Crippen LogP contribution >= 0.6 is 0 Å². The molecular weight excluding hydrogens is 494 g/mol. The average molecular weight is 534 g/mol. The first-order chi connectivity index (χ1) is 17.9. The van der Waals surface area contributed by atoms with Crippen LogP contribution in [-0.2, 0) is 25.6 Å².